The molecule has 2 rings (SSSR count). The fourth-order valence-corrected chi connectivity index (χ4v) is 2.71. The molecule has 114 valence electrons. The lowest BCUT2D eigenvalue weighted by Gasteiger charge is -2.44. The molecule has 0 spiro atoms. The lowest BCUT2D eigenvalue weighted by Crippen LogP contribution is -2.66. The van der Waals surface area contributed by atoms with E-state index in [4.69, 9.17) is 0 Å². The molecule has 0 aliphatic carbocycles. The van der Waals surface area contributed by atoms with E-state index in [1.165, 1.54) is 0 Å². The highest BCUT2D eigenvalue weighted by Gasteiger charge is 2.45. The number of pyridine rings is 1. The van der Waals surface area contributed by atoms with Crippen LogP contribution in [0.2, 0.25) is 0 Å². The summed E-state index contributed by atoms with van der Waals surface area (Å²) < 4.78 is 0. The van der Waals surface area contributed by atoms with E-state index < -0.39 is 12.1 Å². The van der Waals surface area contributed by atoms with Gasteiger partial charge in [-0.05, 0) is 37.0 Å². The lowest BCUT2D eigenvalue weighted by atomic mass is 9.83. The fourth-order valence-electron chi connectivity index (χ4n) is 2.71. The minimum absolute atomic E-state index is 0.0288. The van der Waals surface area contributed by atoms with E-state index in [-0.39, 0.29) is 23.3 Å². The highest BCUT2D eigenvalue weighted by atomic mass is 16.2. The first-order valence-electron chi connectivity index (χ1n) is 7.26. The van der Waals surface area contributed by atoms with Gasteiger partial charge in [0.05, 0.1) is 6.04 Å². The minimum atomic E-state index is -0.495. The van der Waals surface area contributed by atoms with Crippen LogP contribution in [0.25, 0.3) is 0 Å². The molecule has 5 nitrogen and oxygen atoms in total. The summed E-state index contributed by atoms with van der Waals surface area (Å²) in [6.45, 7) is 9.59. The second-order valence-electron chi connectivity index (χ2n) is 6.69. The molecule has 5 heteroatoms. The predicted octanol–water partition coefficient (Wildman–Crippen LogP) is 1.90. The Balaban J connectivity index is 2.35. The van der Waals surface area contributed by atoms with Crippen molar-refractivity contribution >= 4 is 11.8 Å². The number of nitrogens with one attached hydrogen (secondary N) is 1. The van der Waals surface area contributed by atoms with Crippen molar-refractivity contribution in [3.8, 4) is 0 Å². The Hall–Kier alpha value is -1.91. The topological polar surface area (TPSA) is 62.3 Å². The van der Waals surface area contributed by atoms with Crippen molar-refractivity contribution in [2.45, 2.75) is 52.7 Å². The van der Waals surface area contributed by atoms with E-state index >= 15 is 0 Å². The average Bonchev–Trinajstić information content (AvgIpc) is 2.42. The molecule has 3 atom stereocenters. The maximum atomic E-state index is 12.8. The van der Waals surface area contributed by atoms with Gasteiger partial charge in [-0.25, -0.2) is 0 Å². The van der Waals surface area contributed by atoms with Crippen molar-refractivity contribution in [2.24, 2.45) is 5.41 Å². The van der Waals surface area contributed by atoms with E-state index in [2.05, 4.69) is 10.3 Å². The van der Waals surface area contributed by atoms with Gasteiger partial charge < -0.3 is 10.2 Å². The standard InChI is InChI=1S/C16H23N3O2/c1-10(12-6-8-17-9-7-12)19-11(2)14(20)18-13(15(19)21)16(3,4)5/h6-11,13H,1-5H3,(H,18,20). The second kappa shape index (κ2) is 5.47. The van der Waals surface area contributed by atoms with Crippen LogP contribution in [-0.2, 0) is 9.59 Å². The van der Waals surface area contributed by atoms with Crippen molar-refractivity contribution in [1.29, 1.82) is 0 Å². The van der Waals surface area contributed by atoms with Crippen molar-refractivity contribution in [1.82, 2.24) is 15.2 Å². The molecular formula is C16H23N3O2. The Morgan fingerprint density at radius 1 is 1.24 bits per heavy atom. The number of piperazine rings is 1. The van der Waals surface area contributed by atoms with E-state index in [1.54, 1.807) is 24.2 Å². The van der Waals surface area contributed by atoms with Crippen molar-refractivity contribution in [3.05, 3.63) is 30.1 Å². The van der Waals surface area contributed by atoms with Crippen LogP contribution in [0.1, 0.15) is 46.2 Å². The molecule has 21 heavy (non-hydrogen) atoms. The maximum Gasteiger partial charge on any atom is 0.246 e. The van der Waals surface area contributed by atoms with Crippen molar-refractivity contribution < 1.29 is 9.59 Å². The molecule has 1 aromatic rings. The third-order valence-corrected chi connectivity index (χ3v) is 4.06. The number of nitrogens with zero attached hydrogens (tertiary/aromatic N) is 2. The summed E-state index contributed by atoms with van der Waals surface area (Å²) in [4.78, 5) is 30.7. The molecule has 0 saturated carbocycles. The maximum absolute atomic E-state index is 12.8. The zero-order chi connectivity index (χ0) is 15.8. The van der Waals surface area contributed by atoms with Crippen LogP contribution < -0.4 is 5.32 Å². The number of amides is 2. The number of hydrogen-bond acceptors (Lipinski definition) is 3. The molecule has 0 aromatic carbocycles. The Labute approximate surface area is 125 Å². The molecule has 1 aliphatic heterocycles. The third-order valence-electron chi connectivity index (χ3n) is 4.06. The zero-order valence-electron chi connectivity index (χ0n) is 13.3. The van der Waals surface area contributed by atoms with Crippen LogP contribution in [0.4, 0.5) is 0 Å². The van der Waals surface area contributed by atoms with Crippen LogP contribution in [-0.4, -0.2) is 33.8 Å². The highest BCUT2D eigenvalue weighted by Crippen LogP contribution is 2.30. The van der Waals surface area contributed by atoms with Gasteiger partial charge in [0.1, 0.15) is 12.1 Å². The van der Waals surface area contributed by atoms with Gasteiger partial charge in [0, 0.05) is 12.4 Å². The van der Waals surface area contributed by atoms with Gasteiger partial charge in [0.25, 0.3) is 0 Å². The Kier molecular flexibility index (Phi) is 4.03. The number of carbonyl (C=O) groups is 2. The zero-order valence-corrected chi connectivity index (χ0v) is 13.3. The summed E-state index contributed by atoms with van der Waals surface area (Å²) in [6.07, 6.45) is 3.40. The largest absolute Gasteiger partial charge is 0.342 e. The first kappa shape index (κ1) is 15.5. The normalized spacial score (nSPS) is 24.7. The Morgan fingerprint density at radius 2 is 1.81 bits per heavy atom. The summed E-state index contributed by atoms with van der Waals surface area (Å²) in [5, 5.41) is 2.85. The SMILES string of the molecule is CC1C(=O)NC(C(C)(C)C)C(=O)N1C(C)c1ccncc1. The lowest BCUT2D eigenvalue weighted by molar-refractivity contribution is -0.154. The van der Waals surface area contributed by atoms with Gasteiger partial charge in [-0.3, -0.25) is 14.6 Å². The van der Waals surface area contributed by atoms with Gasteiger partial charge in [-0.15, -0.1) is 0 Å². The number of aromatic nitrogens is 1. The van der Waals surface area contributed by atoms with Crippen molar-refractivity contribution in [2.75, 3.05) is 0 Å². The fraction of sp³-hybridized carbons (Fsp3) is 0.562. The van der Waals surface area contributed by atoms with Gasteiger partial charge in [0.15, 0.2) is 0 Å². The molecule has 1 aliphatic rings. The number of carbonyl (C=O) groups excluding carboxylic acids is 2. The summed E-state index contributed by atoms with van der Waals surface area (Å²) in [7, 11) is 0. The predicted molar refractivity (Wildman–Crippen MR) is 80.3 cm³/mol. The quantitative estimate of drug-likeness (QED) is 0.904. The van der Waals surface area contributed by atoms with E-state index in [1.807, 2.05) is 39.8 Å². The summed E-state index contributed by atoms with van der Waals surface area (Å²) in [5.74, 6) is -0.130. The van der Waals surface area contributed by atoms with Crippen LogP contribution in [0.5, 0.6) is 0 Å². The summed E-state index contributed by atoms with van der Waals surface area (Å²) >= 11 is 0. The molecule has 0 radical (unpaired) electrons. The van der Waals surface area contributed by atoms with E-state index in [9.17, 15) is 9.59 Å². The van der Waals surface area contributed by atoms with E-state index in [0.29, 0.717) is 0 Å². The van der Waals surface area contributed by atoms with Gasteiger partial charge in [-0.1, -0.05) is 20.8 Å². The molecule has 2 heterocycles. The molecule has 1 aromatic heterocycles. The first-order chi connectivity index (χ1) is 9.73. The summed E-state index contributed by atoms with van der Waals surface area (Å²) in [6, 6.07) is 2.63. The highest BCUT2D eigenvalue weighted by molar-refractivity contribution is 5.97. The van der Waals surface area contributed by atoms with E-state index in [0.717, 1.165) is 5.56 Å². The van der Waals surface area contributed by atoms with Crippen LogP contribution in [0.15, 0.2) is 24.5 Å². The van der Waals surface area contributed by atoms with Crippen LogP contribution in [0.3, 0.4) is 0 Å². The molecule has 1 fully saturated rings. The van der Waals surface area contributed by atoms with Crippen molar-refractivity contribution in [3.63, 3.8) is 0 Å². The Morgan fingerprint density at radius 3 is 2.33 bits per heavy atom. The average molecular weight is 289 g/mol. The second-order valence-corrected chi connectivity index (χ2v) is 6.69. The number of rotatable bonds is 2. The summed E-state index contributed by atoms with van der Waals surface area (Å²) in [5.41, 5.74) is 0.663. The van der Waals surface area contributed by atoms with Crippen LogP contribution >= 0.6 is 0 Å². The van der Waals surface area contributed by atoms with Gasteiger partial charge in [0.2, 0.25) is 11.8 Å². The van der Waals surface area contributed by atoms with Gasteiger partial charge in [-0.2, -0.15) is 0 Å². The molecule has 1 saturated heterocycles. The minimum Gasteiger partial charge on any atom is -0.342 e. The third kappa shape index (κ3) is 2.91. The van der Waals surface area contributed by atoms with Crippen LogP contribution in [0, 0.1) is 5.41 Å². The Bertz CT molecular complexity index is 536. The molecule has 0 bridgehead atoms. The molecular weight excluding hydrogens is 266 g/mol. The van der Waals surface area contributed by atoms with Gasteiger partial charge >= 0.3 is 0 Å². The smallest absolute Gasteiger partial charge is 0.246 e. The monoisotopic (exact) mass is 289 g/mol. The number of hydrogen-bond donors (Lipinski definition) is 1. The first-order valence-corrected chi connectivity index (χ1v) is 7.26. The molecule has 3 unspecified atom stereocenters. The molecule has 1 N–H and O–H groups in total. The molecule has 2 amide bonds.